The molecule has 0 bridgehead atoms. The van der Waals surface area contributed by atoms with Crippen molar-refractivity contribution in [1.82, 2.24) is 10.2 Å². The maximum Gasteiger partial charge on any atom is 0.253 e. The van der Waals surface area contributed by atoms with Crippen molar-refractivity contribution in [2.45, 2.75) is 13.1 Å². The Hall–Kier alpha value is -3.44. The van der Waals surface area contributed by atoms with Gasteiger partial charge in [-0.2, -0.15) is 0 Å². The third kappa shape index (κ3) is 6.30. The van der Waals surface area contributed by atoms with Gasteiger partial charge in [-0.05, 0) is 30.3 Å². The molecule has 0 aliphatic carbocycles. The number of benzene rings is 3. The van der Waals surface area contributed by atoms with Crippen LogP contribution in [0.5, 0.6) is 0 Å². The molecule has 3 rings (SSSR count). The van der Waals surface area contributed by atoms with Crippen molar-refractivity contribution in [3.05, 3.63) is 102 Å². The zero-order valence-electron chi connectivity index (χ0n) is 16.5. The van der Waals surface area contributed by atoms with Gasteiger partial charge in [0.1, 0.15) is 0 Å². The van der Waals surface area contributed by atoms with E-state index < -0.39 is 0 Å². The van der Waals surface area contributed by atoms with E-state index in [0.29, 0.717) is 24.3 Å². The van der Waals surface area contributed by atoms with Crippen LogP contribution in [0.1, 0.15) is 21.5 Å². The smallest absolute Gasteiger partial charge is 0.253 e. The molecular formula is C24H25N3O2. The van der Waals surface area contributed by atoms with Gasteiger partial charge in [-0.15, -0.1) is 0 Å². The molecule has 0 spiro atoms. The summed E-state index contributed by atoms with van der Waals surface area (Å²) in [5.74, 6) is -0.380. The van der Waals surface area contributed by atoms with E-state index >= 15 is 0 Å². The molecule has 0 saturated carbocycles. The Balaban J connectivity index is 1.57. The van der Waals surface area contributed by atoms with Crippen LogP contribution in [0.3, 0.4) is 0 Å². The number of rotatable bonds is 8. The predicted molar refractivity (Wildman–Crippen MR) is 115 cm³/mol. The fourth-order valence-electron chi connectivity index (χ4n) is 3.05. The average molecular weight is 387 g/mol. The molecular weight excluding hydrogens is 362 g/mol. The highest BCUT2D eigenvalue weighted by molar-refractivity contribution is 6.04. The van der Waals surface area contributed by atoms with Crippen molar-refractivity contribution in [2.75, 3.05) is 18.9 Å². The van der Waals surface area contributed by atoms with Gasteiger partial charge in [0, 0.05) is 13.1 Å². The molecule has 0 heterocycles. The fraction of sp³-hybridized carbons (Fsp3) is 0.167. The molecule has 0 aliphatic rings. The number of para-hydroxylation sites is 1. The van der Waals surface area contributed by atoms with Crippen LogP contribution in [-0.2, 0) is 17.9 Å². The van der Waals surface area contributed by atoms with Crippen LogP contribution in [0.2, 0.25) is 0 Å². The second kappa shape index (κ2) is 10.2. The molecule has 3 aromatic carbocycles. The molecule has 3 aromatic rings. The number of anilines is 1. The van der Waals surface area contributed by atoms with Gasteiger partial charge in [0.25, 0.3) is 5.91 Å². The zero-order chi connectivity index (χ0) is 20.5. The minimum atomic E-state index is -0.220. The Kier molecular flexibility index (Phi) is 7.14. The lowest BCUT2D eigenvalue weighted by atomic mass is 10.1. The molecule has 0 atom stereocenters. The van der Waals surface area contributed by atoms with Crippen LogP contribution in [-0.4, -0.2) is 30.3 Å². The van der Waals surface area contributed by atoms with Crippen molar-refractivity contribution in [2.24, 2.45) is 0 Å². The molecule has 2 N–H and O–H groups in total. The largest absolute Gasteiger partial charge is 0.348 e. The summed E-state index contributed by atoms with van der Waals surface area (Å²) in [6, 6.07) is 26.7. The standard InChI is InChI=1S/C24H25N3O2/c1-27(17-20-12-6-3-7-13-20)18-23(28)26-22-15-9-8-14-21(22)24(29)25-16-19-10-4-2-5-11-19/h2-15H,16-18H2,1H3,(H,25,29)(H,26,28). The highest BCUT2D eigenvalue weighted by Gasteiger charge is 2.14. The minimum Gasteiger partial charge on any atom is -0.348 e. The van der Waals surface area contributed by atoms with E-state index in [-0.39, 0.29) is 18.4 Å². The predicted octanol–water partition coefficient (Wildman–Crippen LogP) is 3.69. The summed E-state index contributed by atoms with van der Waals surface area (Å²) in [5.41, 5.74) is 3.12. The fourth-order valence-corrected chi connectivity index (χ4v) is 3.05. The first kappa shape index (κ1) is 20.3. The van der Waals surface area contributed by atoms with Gasteiger partial charge in [-0.25, -0.2) is 0 Å². The summed E-state index contributed by atoms with van der Waals surface area (Å²) in [4.78, 5) is 27.0. The number of nitrogens with one attached hydrogen (secondary N) is 2. The lowest BCUT2D eigenvalue weighted by molar-refractivity contribution is -0.117. The van der Waals surface area contributed by atoms with E-state index in [2.05, 4.69) is 10.6 Å². The van der Waals surface area contributed by atoms with Crippen molar-refractivity contribution >= 4 is 17.5 Å². The van der Waals surface area contributed by atoms with E-state index in [1.165, 1.54) is 0 Å². The Labute approximate surface area is 171 Å². The summed E-state index contributed by atoms with van der Waals surface area (Å²) >= 11 is 0. The summed E-state index contributed by atoms with van der Waals surface area (Å²) in [5, 5.41) is 5.77. The Morgan fingerprint density at radius 3 is 2.07 bits per heavy atom. The Morgan fingerprint density at radius 2 is 1.38 bits per heavy atom. The molecule has 2 amide bonds. The van der Waals surface area contributed by atoms with Crippen LogP contribution in [0.15, 0.2) is 84.9 Å². The highest BCUT2D eigenvalue weighted by Crippen LogP contribution is 2.15. The number of hydrogen-bond acceptors (Lipinski definition) is 3. The molecule has 0 aliphatic heterocycles. The maximum atomic E-state index is 12.6. The van der Waals surface area contributed by atoms with Crippen molar-refractivity contribution in [3.63, 3.8) is 0 Å². The normalized spacial score (nSPS) is 10.6. The third-order valence-corrected chi connectivity index (χ3v) is 4.45. The van der Waals surface area contributed by atoms with Crippen LogP contribution in [0, 0.1) is 0 Å². The number of hydrogen-bond donors (Lipinski definition) is 2. The van der Waals surface area contributed by atoms with Gasteiger partial charge in [-0.3, -0.25) is 14.5 Å². The highest BCUT2D eigenvalue weighted by atomic mass is 16.2. The molecule has 0 saturated heterocycles. The number of carbonyl (C=O) groups excluding carboxylic acids is 2. The van der Waals surface area contributed by atoms with E-state index in [1.807, 2.05) is 72.6 Å². The van der Waals surface area contributed by atoms with Gasteiger partial charge in [0.05, 0.1) is 17.8 Å². The molecule has 0 aromatic heterocycles. The summed E-state index contributed by atoms with van der Waals surface area (Å²) in [6.45, 7) is 1.34. The summed E-state index contributed by atoms with van der Waals surface area (Å²) in [6.07, 6.45) is 0. The molecule has 0 unspecified atom stereocenters. The van der Waals surface area contributed by atoms with Crippen LogP contribution in [0.4, 0.5) is 5.69 Å². The summed E-state index contributed by atoms with van der Waals surface area (Å²) in [7, 11) is 1.89. The molecule has 0 radical (unpaired) electrons. The van der Waals surface area contributed by atoms with E-state index in [1.54, 1.807) is 24.3 Å². The minimum absolute atomic E-state index is 0.160. The Morgan fingerprint density at radius 1 is 0.793 bits per heavy atom. The van der Waals surface area contributed by atoms with Gasteiger partial charge < -0.3 is 10.6 Å². The van der Waals surface area contributed by atoms with Crippen LogP contribution >= 0.6 is 0 Å². The van der Waals surface area contributed by atoms with Gasteiger partial charge in [-0.1, -0.05) is 72.8 Å². The lowest BCUT2D eigenvalue weighted by Gasteiger charge is -2.17. The molecule has 148 valence electrons. The number of nitrogens with zero attached hydrogens (tertiary/aromatic N) is 1. The SMILES string of the molecule is CN(CC(=O)Nc1ccccc1C(=O)NCc1ccccc1)Cc1ccccc1. The first-order chi connectivity index (χ1) is 14.1. The van der Waals surface area contributed by atoms with Gasteiger partial charge >= 0.3 is 0 Å². The lowest BCUT2D eigenvalue weighted by Crippen LogP contribution is -2.31. The maximum absolute atomic E-state index is 12.6. The van der Waals surface area contributed by atoms with Crippen LogP contribution < -0.4 is 10.6 Å². The van der Waals surface area contributed by atoms with Crippen molar-refractivity contribution in [1.29, 1.82) is 0 Å². The number of amides is 2. The van der Waals surface area contributed by atoms with E-state index in [4.69, 9.17) is 0 Å². The van der Waals surface area contributed by atoms with Crippen LogP contribution in [0.25, 0.3) is 0 Å². The van der Waals surface area contributed by atoms with Crippen molar-refractivity contribution < 1.29 is 9.59 Å². The first-order valence-electron chi connectivity index (χ1n) is 9.55. The topological polar surface area (TPSA) is 61.4 Å². The van der Waals surface area contributed by atoms with Gasteiger partial charge in [0.2, 0.25) is 5.91 Å². The monoisotopic (exact) mass is 387 g/mol. The van der Waals surface area contributed by atoms with E-state index in [0.717, 1.165) is 11.1 Å². The second-order valence-electron chi connectivity index (χ2n) is 6.92. The Bertz CT molecular complexity index is 943. The van der Waals surface area contributed by atoms with Gasteiger partial charge in [0.15, 0.2) is 0 Å². The third-order valence-electron chi connectivity index (χ3n) is 4.45. The molecule has 0 fully saturated rings. The number of likely N-dealkylation sites (N-methyl/N-ethyl adjacent to an activating group) is 1. The average Bonchev–Trinajstić information content (AvgIpc) is 2.73. The molecule has 5 nitrogen and oxygen atoms in total. The van der Waals surface area contributed by atoms with Crippen molar-refractivity contribution in [3.8, 4) is 0 Å². The first-order valence-corrected chi connectivity index (χ1v) is 9.55. The van der Waals surface area contributed by atoms with E-state index in [9.17, 15) is 9.59 Å². The molecule has 5 heteroatoms. The quantitative estimate of drug-likeness (QED) is 0.620. The zero-order valence-corrected chi connectivity index (χ0v) is 16.5. The molecule has 29 heavy (non-hydrogen) atoms. The number of carbonyl (C=O) groups is 2. The second-order valence-corrected chi connectivity index (χ2v) is 6.92. The summed E-state index contributed by atoms with van der Waals surface area (Å²) < 4.78 is 0.